The highest BCUT2D eigenvalue weighted by Crippen LogP contribution is 2.24. The van der Waals surface area contributed by atoms with Crippen LogP contribution >= 0.6 is 0 Å². The average molecular weight is 1090 g/mol. The number of pyridine rings is 1. The summed E-state index contributed by atoms with van der Waals surface area (Å²) >= 11 is 0. The molecule has 2 aromatic heterocycles. The van der Waals surface area contributed by atoms with Crippen molar-refractivity contribution >= 4 is 82.4 Å². The van der Waals surface area contributed by atoms with E-state index in [-0.39, 0.29) is 24.2 Å². The molecule has 8 unspecified atom stereocenters. The Bertz CT molecular complexity index is 2890. The van der Waals surface area contributed by atoms with Crippen LogP contribution in [0.2, 0.25) is 0 Å². The highest BCUT2D eigenvalue weighted by atomic mass is 16.5. The van der Waals surface area contributed by atoms with Crippen molar-refractivity contribution in [3.63, 3.8) is 0 Å². The maximum absolute atomic E-state index is 15.0. The number of carbonyl (C=O) groups excluding carboxylic acids is 10. The van der Waals surface area contributed by atoms with Gasteiger partial charge in [-0.3, -0.25) is 43.3 Å². The summed E-state index contributed by atoms with van der Waals surface area (Å²) in [5.41, 5.74) is 0.639. The normalized spacial score (nSPS) is 25.0. The molecule has 10 atom stereocenters. The standard InChI is InChI=1S/C55H71N11O13/c1-13-29(5)44-54(76)78-27-38(61-46(68)37-26-56-35-21-17-18-22-36(35)59-37)47(69)57-31(7)50(72)63(9)40-23-19-20-24-41(52(74)65(44)11)64(10)51(73)32(8)58-48(70)39(28-79-55(77)45(30(6)14-2)66(12)53(40)75)62-49(71)43-42(67)25-33(15-3)34(16-4)60-43/h15-22,25-26,29-32,38-41,44-45,67H,3-4,13-14,23-24,27-28H2,1-2,5-12H3,(H,57,69)(H,58,70)(H,61,68)(H,62,71)/b20-19-/t29?,30?,31?,32?,38?,39?,40-,41-,44?,45?/m0/s1. The van der Waals surface area contributed by atoms with E-state index < -0.39 is 144 Å². The Morgan fingerprint density at radius 1 is 0.696 bits per heavy atom. The zero-order valence-corrected chi connectivity index (χ0v) is 46.2. The minimum atomic E-state index is -1.78. The number of hydrogen-bond acceptors (Lipinski definition) is 16. The highest BCUT2D eigenvalue weighted by Gasteiger charge is 2.42. The van der Waals surface area contributed by atoms with Crippen molar-refractivity contribution in [2.45, 2.75) is 116 Å². The molecule has 1 aromatic carbocycles. The number of rotatable bonds is 10. The number of fused-ring (bicyclic) bond motifs is 5. The number of nitrogens with one attached hydrogen (secondary N) is 4. The summed E-state index contributed by atoms with van der Waals surface area (Å²) in [5, 5.41) is 20.9. The van der Waals surface area contributed by atoms with E-state index in [1.165, 1.54) is 78.6 Å². The van der Waals surface area contributed by atoms with Crippen LogP contribution in [0.4, 0.5) is 0 Å². The second kappa shape index (κ2) is 27.1. The smallest absolute Gasteiger partial charge is 0.329 e. The fraction of sp³-hybridized carbons (Fsp3) is 0.473. The van der Waals surface area contributed by atoms with Crippen LogP contribution in [-0.4, -0.2) is 189 Å². The molecule has 3 aromatic rings. The fourth-order valence-electron chi connectivity index (χ4n) is 9.12. The quantitative estimate of drug-likeness (QED) is 0.143. The number of carbonyl (C=O) groups is 10. The summed E-state index contributed by atoms with van der Waals surface area (Å²) in [6, 6.07) is -3.87. The first-order valence-electron chi connectivity index (χ1n) is 25.9. The van der Waals surface area contributed by atoms with Crippen molar-refractivity contribution in [3.05, 3.63) is 84.5 Å². The lowest BCUT2D eigenvalue weighted by molar-refractivity contribution is -0.161. The lowest BCUT2D eigenvalue weighted by Crippen LogP contribution is -2.60. The minimum absolute atomic E-state index is 0.165. The van der Waals surface area contributed by atoms with Gasteiger partial charge < -0.3 is 55.4 Å². The van der Waals surface area contributed by atoms with Crippen LogP contribution < -0.4 is 21.3 Å². The first-order chi connectivity index (χ1) is 37.4. The highest BCUT2D eigenvalue weighted by molar-refractivity contribution is 6.01. The fourth-order valence-corrected chi connectivity index (χ4v) is 9.12. The molecule has 0 saturated heterocycles. The number of aromatic nitrogens is 3. The largest absolute Gasteiger partial charge is 0.505 e. The summed E-state index contributed by atoms with van der Waals surface area (Å²) in [4.78, 5) is 161. The molecule has 0 saturated carbocycles. The van der Waals surface area contributed by atoms with Gasteiger partial charge in [0.25, 0.3) is 11.8 Å². The SMILES string of the molecule is C=Cc1cc(O)c(C(=O)NC2COC(=O)C(C(C)CC)N(C)C(=O)[C@@H]3C/C=C\C[C@@H](C(=O)N(C)C(C(C)CC)C(=O)OCC(NC(=O)c4cnc5ccccc5n4)C(=O)NC(C)C(=O)N3C)N(C)C(=O)C(C)NC2=O)nc1C=C. The van der Waals surface area contributed by atoms with E-state index in [0.717, 1.165) is 19.6 Å². The van der Waals surface area contributed by atoms with Gasteiger partial charge in [0.2, 0.25) is 35.4 Å². The van der Waals surface area contributed by atoms with Gasteiger partial charge in [-0.1, -0.05) is 84.1 Å². The predicted octanol–water partition coefficient (Wildman–Crippen LogP) is 1.77. The van der Waals surface area contributed by atoms with Crippen molar-refractivity contribution in [2.24, 2.45) is 11.8 Å². The predicted molar refractivity (Wildman–Crippen MR) is 289 cm³/mol. The van der Waals surface area contributed by atoms with Gasteiger partial charge in [-0.15, -0.1) is 0 Å². The van der Waals surface area contributed by atoms with Crippen molar-refractivity contribution in [1.29, 1.82) is 0 Å². The molecule has 24 heteroatoms. The molecular formula is C55H71N11O13. The van der Waals surface area contributed by atoms with Crippen LogP contribution in [0.3, 0.4) is 0 Å². The number of amides is 8. The van der Waals surface area contributed by atoms with E-state index in [1.54, 1.807) is 52.0 Å². The molecule has 5 N–H and O–H groups in total. The Labute approximate surface area is 458 Å². The molecule has 424 valence electrons. The van der Waals surface area contributed by atoms with Gasteiger partial charge in [-0.05, 0) is 62.8 Å². The van der Waals surface area contributed by atoms with E-state index in [9.17, 15) is 53.1 Å². The molecule has 0 radical (unpaired) electrons. The zero-order chi connectivity index (χ0) is 58.6. The molecule has 79 heavy (non-hydrogen) atoms. The number of cyclic esters (lactones) is 2. The first kappa shape index (κ1) is 61.3. The minimum Gasteiger partial charge on any atom is -0.505 e. The van der Waals surface area contributed by atoms with Crippen LogP contribution in [0.5, 0.6) is 5.75 Å². The number of para-hydroxylation sites is 2. The van der Waals surface area contributed by atoms with Gasteiger partial charge in [0, 0.05) is 33.8 Å². The Balaban J connectivity index is 1.63. The van der Waals surface area contributed by atoms with Crippen molar-refractivity contribution in [2.75, 3.05) is 41.4 Å². The van der Waals surface area contributed by atoms with Gasteiger partial charge in [0.15, 0.2) is 5.69 Å². The Hall–Kier alpha value is -8.57. The summed E-state index contributed by atoms with van der Waals surface area (Å²) in [6.07, 6.45) is 7.07. The molecule has 0 spiro atoms. The topological polar surface area (TPSA) is 309 Å². The maximum Gasteiger partial charge on any atom is 0.329 e. The van der Waals surface area contributed by atoms with E-state index in [2.05, 4.69) is 49.4 Å². The summed E-state index contributed by atoms with van der Waals surface area (Å²) in [5.74, 6) is -11.0. The van der Waals surface area contributed by atoms with Crippen molar-refractivity contribution in [1.82, 2.24) is 55.8 Å². The average Bonchev–Trinajstić information content (AvgIpc) is 3.49. The number of hydrogen-bond donors (Lipinski definition) is 5. The molecule has 5 rings (SSSR count). The number of nitrogens with zero attached hydrogens (tertiary/aromatic N) is 7. The third-order valence-corrected chi connectivity index (χ3v) is 14.3. The molecule has 4 heterocycles. The number of likely N-dealkylation sites (N-methyl/N-ethyl adjacent to an activating group) is 4. The second-order valence-electron chi connectivity index (χ2n) is 19.7. The molecule has 0 aliphatic carbocycles. The molecular weight excluding hydrogens is 1020 g/mol. The number of ether oxygens (including phenoxy) is 2. The third kappa shape index (κ3) is 14.3. The monoisotopic (exact) mass is 1090 g/mol. The van der Waals surface area contributed by atoms with E-state index in [1.807, 2.05) is 0 Å². The molecule has 2 aliphatic heterocycles. The summed E-state index contributed by atoms with van der Waals surface area (Å²) in [6.45, 7) is 15.2. The maximum atomic E-state index is 15.0. The number of esters is 2. The summed E-state index contributed by atoms with van der Waals surface area (Å²) < 4.78 is 11.5. The number of benzene rings is 1. The van der Waals surface area contributed by atoms with Gasteiger partial charge in [0.1, 0.15) is 73.0 Å². The van der Waals surface area contributed by atoms with Crippen LogP contribution in [0.25, 0.3) is 23.2 Å². The zero-order valence-electron chi connectivity index (χ0n) is 46.2. The van der Waals surface area contributed by atoms with Crippen LogP contribution in [0.15, 0.2) is 61.8 Å². The molecule has 8 amide bonds. The van der Waals surface area contributed by atoms with Crippen molar-refractivity contribution in [3.8, 4) is 5.75 Å². The van der Waals surface area contributed by atoms with Crippen LogP contribution in [0.1, 0.15) is 99.5 Å². The molecule has 2 bridgehead atoms. The molecule has 2 aliphatic rings. The van der Waals surface area contributed by atoms with Gasteiger partial charge in [-0.2, -0.15) is 0 Å². The van der Waals surface area contributed by atoms with Crippen LogP contribution in [-0.2, 0) is 47.8 Å². The Kier molecular flexibility index (Phi) is 21.1. The van der Waals surface area contributed by atoms with Crippen LogP contribution in [0, 0.1) is 11.8 Å². The molecule has 24 nitrogen and oxygen atoms in total. The Morgan fingerprint density at radius 2 is 1.15 bits per heavy atom. The number of aromatic hydroxyl groups is 1. The van der Waals surface area contributed by atoms with Gasteiger partial charge >= 0.3 is 11.9 Å². The first-order valence-corrected chi connectivity index (χ1v) is 25.9. The van der Waals surface area contributed by atoms with E-state index in [0.29, 0.717) is 29.4 Å². The third-order valence-electron chi connectivity index (χ3n) is 14.3. The lowest BCUT2D eigenvalue weighted by atomic mass is 9.96. The van der Waals surface area contributed by atoms with E-state index in [4.69, 9.17) is 9.47 Å². The Morgan fingerprint density at radius 3 is 1.59 bits per heavy atom. The van der Waals surface area contributed by atoms with Gasteiger partial charge in [-0.25, -0.2) is 19.6 Å². The van der Waals surface area contributed by atoms with Crippen molar-refractivity contribution < 1.29 is 62.5 Å². The molecule has 0 fully saturated rings. The summed E-state index contributed by atoms with van der Waals surface area (Å²) in [7, 11) is 5.27. The van der Waals surface area contributed by atoms with E-state index >= 15 is 0 Å². The lowest BCUT2D eigenvalue weighted by Gasteiger charge is -2.37. The second-order valence-corrected chi connectivity index (χ2v) is 19.7. The van der Waals surface area contributed by atoms with Gasteiger partial charge in [0.05, 0.1) is 22.9 Å².